The molecule has 0 radical (unpaired) electrons. The summed E-state index contributed by atoms with van der Waals surface area (Å²) in [6.45, 7) is 3.16. The number of sulfonamides is 1. The molecule has 0 aromatic heterocycles. The van der Waals surface area contributed by atoms with Crippen molar-refractivity contribution in [3.8, 4) is 0 Å². The molecule has 0 saturated carbocycles. The number of likely N-dealkylation sites (N-methyl/N-ethyl adjacent to an activating group) is 1. The van der Waals surface area contributed by atoms with Gasteiger partial charge < -0.3 is 9.80 Å². The second kappa shape index (κ2) is 9.89. The zero-order valence-corrected chi connectivity index (χ0v) is 18.7. The first-order valence-electron chi connectivity index (χ1n) is 10.6. The van der Waals surface area contributed by atoms with Gasteiger partial charge in [0.1, 0.15) is 6.04 Å². The fourth-order valence-electron chi connectivity index (χ4n) is 4.06. The van der Waals surface area contributed by atoms with Gasteiger partial charge in [-0.25, -0.2) is 8.42 Å². The van der Waals surface area contributed by atoms with E-state index >= 15 is 0 Å². The fourth-order valence-corrected chi connectivity index (χ4v) is 5.73. The highest BCUT2D eigenvalue weighted by atomic mass is 32.2. The molecule has 0 bridgehead atoms. The molecular formula is C21H32N4O4S. The van der Waals surface area contributed by atoms with Crippen molar-refractivity contribution in [1.82, 2.24) is 19.0 Å². The molecule has 2 heterocycles. The van der Waals surface area contributed by atoms with E-state index in [9.17, 15) is 18.0 Å². The van der Waals surface area contributed by atoms with E-state index in [4.69, 9.17) is 0 Å². The van der Waals surface area contributed by atoms with Gasteiger partial charge in [0.2, 0.25) is 21.8 Å². The van der Waals surface area contributed by atoms with Gasteiger partial charge in [-0.2, -0.15) is 4.31 Å². The molecule has 0 spiro atoms. The van der Waals surface area contributed by atoms with Crippen LogP contribution in [0, 0.1) is 0 Å². The van der Waals surface area contributed by atoms with Crippen LogP contribution < -0.4 is 0 Å². The Hall–Kier alpha value is -1.97. The minimum atomic E-state index is -3.71. The van der Waals surface area contributed by atoms with Crippen molar-refractivity contribution in [2.75, 3.05) is 53.4 Å². The van der Waals surface area contributed by atoms with Crippen molar-refractivity contribution in [3.05, 3.63) is 30.3 Å². The number of piperidine rings is 1. The molecule has 1 atom stereocenters. The van der Waals surface area contributed by atoms with Crippen LogP contribution in [-0.4, -0.2) is 98.6 Å². The summed E-state index contributed by atoms with van der Waals surface area (Å²) in [5, 5.41) is 0. The largest absolute Gasteiger partial charge is 0.348 e. The lowest BCUT2D eigenvalue weighted by atomic mass is 10.0. The third kappa shape index (κ3) is 5.19. The Bertz CT molecular complexity index is 844. The SMILES string of the molecule is CN(C)C(=O)CN1CCCN(C(=O)C2CCCCN2S(=O)(=O)c2ccccc2)CC1. The van der Waals surface area contributed by atoms with Crippen LogP contribution in [0.5, 0.6) is 0 Å². The maximum absolute atomic E-state index is 13.4. The maximum atomic E-state index is 13.4. The zero-order valence-electron chi connectivity index (χ0n) is 17.9. The molecule has 0 aliphatic carbocycles. The molecule has 166 valence electrons. The van der Waals surface area contributed by atoms with Crippen molar-refractivity contribution in [2.24, 2.45) is 0 Å². The number of hydrogen-bond acceptors (Lipinski definition) is 5. The summed E-state index contributed by atoms with van der Waals surface area (Å²) in [5.41, 5.74) is 0. The summed E-state index contributed by atoms with van der Waals surface area (Å²) in [7, 11) is -0.241. The molecule has 2 aliphatic rings. The molecule has 8 nitrogen and oxygen atoms in total. The molecule has 2 aliphatic heterocycles. The third-order valence-electron chi connectivity index (χ3n) is 5.85. The van der Waals surface area contributed by atoms with Gasteiger partial charge in [-0.15, -0.1) is 0 Å². The molecule has 1 unspecified atom stereocenters. The quantitative estimate of drug-likeness (QED) is 0.684. The van der Waals surface area contributed by atoms with E-state index in [0.29, 0.717) is 39.1 Å². The first-order chi connectivity index (χ1) is 14.3. The fraction of sp³-hybridized carbons (Fsp3) is 0.619. The van der Waals surface area contributed by atoms with Crippen molar-refractivity contribution in [1.29, 1.82) is 0 Å². The van der Waals surface area contributed by atoms with E-state index < -0.39 is 16.1 Å². The van der Waals surface area contributed by atoms with Crippen LogP contribution in [-0.2, 0) is 19.6 Å². The van der Waals surface area contributed by atoms with Crippen LogP contribution in [0.2, 0.25) is 0 Å². The lowest BCUT2D eigenvalue weighted by Crippen LogP contribution is -2.53. The van der Waals surface area contributed by atoms with E-state index in [2.05, 4.69) is 4.90 Å². The number of hydrogen-bond donors (Lipinski definition) is 0. The molecule has 3 rings (SSSR count). The molecule has 1 aromatic carbocycles. The second-order valence-electron chi connectivity index (χ2n) is 8.18. The zero-order chi connectivity index (χ0) is 21.7. The first kappa shape index (κ1) is 22.7. The second-order valence-corrected chi connectivity index (χ2v) is 10.1. The monoisotopic (exact) mass is 436 g/mol. The highest BCUT2D eigenvalue weighted by Crippen LogP contribution is 2.27. The van der Waals surface area contributed by atoms with E-state index in [-0.39, 0.29) is 16.7 Å². The topological polar surface area (TPSA) is 81.2 Å². The number of carbonyl (C=O) groups excluding carboxylic acids is 2. The van der Waals surface area contributed by atoms with Crippen LogP contribution in [0.1, 0.15) is 25.7 Å². The van der Waals surface area contributed by atoms with Gasteiger partial charge in [0.05, 0.1) is 11.4 Å². The smallest absolute Gasteiger partial charge is 0.243 e. The third-order valence-corrected chi connectivity index (χ3v) is 7.77. The number of carbonyl (C=O) groups is 2. The Labute approximate surface area is 179 Å². The normalized spacial score (nSPS) is 21.8. The van der Waals surface area contributed by atoms with E-state index in [1.165, 1.54) is 4.31 Å². The molecule has 9 heteroatoms. The molecule has 2 saturated heterocycles. The maximum Gasteiger partial charge on any atom is 0.243 e. The molecular weight excluding hydrogens is 404 g/mol. The van der Waals surface area contributed by atoms with Crippen LogP contribution in [0.4, 0.5) is 0 Å². The molecule has 2 fully saturated rings. The standard InChI is InChI=1S/C21H32N4O4S/c1-22(2)20(26)17-23-12-8-13-24(16-15-23)21(27)19-11-6-7-14-25(19)30(28,29)18-9-4-3-5-10-18/h3-5,9-10,19H,6-8,11-17H2,1-2H3. The Kier molecular flexibility index (Phi) is 7.49. The van der Waals surface area contributed by atoms with Crippen molar-refractivity contribution >= 4 is 21.8 Å². The van der Waals surface area contributed by atoms with Gasteiger partial charge in [0.15, 0.2) is 0 Å². The van der Waals surface area contributed by atoms with Crippen LogP contribution in [0.15, 0.2) is 35.2 Å². The molecule has 1 aromatic rings. The Balaban J connectivity index is 1.70. The van der Waals surface area contributed by atoms with Crippen LogP contribution in [0.25, 0.3) is 0 Å². The molecule has 0 N–H and O–H groups in total. The first-order valence-corrected chi connectivity index (χ1v) is 12.0. The summed E-state index contributed by atoms with van der Waals surface area (Å²) in [4.78, 5) is 31.0. The van der Waals surface area contributed by atoms with Gasteiger partial charge in [-0.3, -0.25) is 14.5 Å². The average molecular weight is 437 g/mol. The van der Waals surface area contributed by atoms with Crippen molar-refractivity contribution in [3.63, 3.8) is 0 Å². The molecule has 30 heavy (non-hydrogen) atoms. The lowest BCUT2D eigenvalue weighted by Gasteiger charge is -2.36. The summed E-state index contributed by atoms with van der Waals surface area (Å²) < 4.78 is 27.8. The highest BCUT2D eigenvalue weighted by molar-refractivity contribution is 7.89. The van der Waals surface area contributed by atoms with Gasteiger partial charge in [0, 0.05) is 46.8 Å². The van der Waals surface area contributed by atoms with Gasteiger partial charge in [-0.05, 0) is 31.4 Å². The minimum Gasteiger partial charge on any atom is -0.348 e. The number of nitrogens with zero attached hydrogens (tertiary/aromatic N) is 4. The minimum absolute atomic E-state index is 0.0437. The Morgan fingerprint density at radius 3 is 2.40 bits per heavy atom. The number of benzene rings is 1. The van der Waals surface area contributed by atoms with Gasteiger partial charge in [0.25, 0.3) is 0 Å². The molecule has 2 amide bonds. The summed E-state index contributed by atoms with van der Waals surface area (Å²) >= 11 is 0. The van der Waals surface area contributed by atoms with Crippen LogP contribution >= 0.6 is 0 Å². The van der Waals surface area contributed by atoms with Gasteiger partial charge in [-0.1, -0.05) is 24.6 Å². The Morgan fingerprint density at radius 2 is 1.70 bits per heavy atom. The van der Waals surface area contributed by atoms with E-state index in [1.54, 1.807) is 54.2 Å². The predicted molar refractivity (Wildman–Crippen MR) is 114 cm³/mol. The van der Waals surface area contributed by atoms with Crippen molar-refractivity contribution in [2.45, 2.75) is 36.6 Å². The lowest BCUT2D eigenvalue weighted by molar-refractivity contribution is -0.136. The predicted octanol–water partition coefficient (Wildman–Crippen LogP) is 0.852. The summed E-state index contributed by atoms with van der Waals surface area (Å²) in [6.07, 6.45) is 2.92. The van der Waals surface area contributed by atoms with Crippen LogP contribution in [0.3, 0.4) is 0 Å². The number of amides is 2. The summed E-state index contributed by atoms with van der Waals surface area (Å²) in [6, 6.07) is 7.69. The average Bonchev–Trinajstić information content (AvgIpc) is 2.99. The van der Waals surface area contributed by atoms with Gasteiger partial charge >= 0.3 is 0 Å². The highest BCUT2D eigenvalue weighted by Gasteiger charge is 2.39. The summed E-state index contributed by atoms with van der Waals surface area (Å²) in [5.74, 6) is -0.0721. The van der Waals surface area contributed by atoms with E-state index in [0.717, 1.165) is 25.8 Å². The van der Waals surface area contributed by atoms with E-state index in [1.807, 2.05) is 0 Å². The number of rotatable bonds is 5. The van der Waals surface area contributed by atoms with Crippen molar-refractivity contribution < 1.29 is 18.0 Å². The Morgan fingerprint density at radius 1 is 0.967 bits per heavy atom.